The van der Waals surface area contributed by atoms with E-state index in [1.165, 1.54) is 0 Å². The van der Waals surface area contributed by atoms with Crippen molar-refractivity contribution in [2.45, 2.75) is 13.8 Å². The topological polar surface area (TPSA) is 124 Å². The van der Waals surface area contributed by atoms with Gasteiger partial charge in [-0.05, 0) is 13.8 Å². The second-order valence-corrected chi connectivity index (χ2v) is 7.83. The van der Waals surface area contributed by atoms with Gasteiger partial charge in [0.2, 0.25) is 0 Å². The molecule has 0 aliphatic rings. The average Bonchev–Trinajstić information content (AvgIpc) is 2.00. The molecule has 0 unspecified atom stereocenters. The summed E-state index contributed by atoms with van der Waals surface area (Å²) in [4.78, 5) is 8.80. The molecule has 0 rings (SSSR count). The Balaban J connectivity index is 4.82. The van der Waals surface area contributed by atoms with Gasteiger partial charge in [-0.2, -0.15) is 24.8 Å². The Morgan fingerprint density at radius 3 is 1.47 bits per heavy atom. The molecular formula is C4H11O8PS2. The largest absolute Gasteiger partial charge is 0.501 e. The summed E-state index contributed by atoms with van der Waals surface area (Å²) in [6.07, 6.45) is 0. The highest BCUT2D eigenvalue weighted by atomic mass is 32.2. The Bertz CT molecular complexity index is 407. The van der Waals surface area contributed by atoms with E-state index in [0.29, 0.717) is 0 Å². The third kappa shape index (κ3) is 6.23. The summed E-state index contributed by atoms with van der Waals surface area (Å²) in [5.74, 6) is -1.15. The van der Waals surface area contributed by atoms with E-state index in [2.05, 4.69) is 7.94 Å². The van der Waals surface area contributed by atoms with Gasteiger partial charge in [0.05, 0.1) is 11.5 Å². The lowest BCUT2D eigenvalue weighted by atomic mass is 11.0. The van der Waals surface area contributed by atoms with Gasteiger partial charge in [0.1, 0.15) is 0 Å². The highest BCUT2D eigenvalue weighted by Gasteiger charge is 2.34. The number of hydrogen-bond acceptors (Lipinski definition) is 7. The van der Waals surface area contributed by atoms with Crippen molar-refractivity contribution in [3.8, 4) is 0 Å². The first-order valence-corrected chi connectivity index (χ1v) is 8.39. The SMILES string of the molecule is CCS(=O)(=O)OP(=O)(O)OS(=O)(=O)CC. The molecule has 0 aromatic carbocycles. The van der Waals surface area contributed by atoms with Crippen molar-refractivity contribution in [2.24, 2.45) is 0 Å². The molecule has 0 aliphatic carbocycles. The summed E-state index contributed by atoms with van der Waals surface area (Å²) in [6.45, 7) is 2.31. The van der Waals surface area contributed by atoms with E-state index in [-0.39, 0.29) is 0 Å². The van der Waals surface area contributed by atoms with Crippen LogP contribution in [0.2, 0.25) is 0 Å². The van der Waals surface area contributed by atoms with E-state index in [0.717, 1.165) is 13.8 Å². The van der Waals surface area contributed by atoms with Crippen LogP contribution in [0.25, 0.3) is 0 Å². The minimum Gasteiger partial charge on any atom is -0.301 e. The lowest BCUT2D eigenvalue weighted by Crippen LogP contribution is -2.12. The van der Waals surface area contributed by atoms with Crippen LogP contribution in [0.4, 0.5) is 0 Å². The van der Waals surface area contributed by atoms with E-state index in [4.69, 9.17) is 4.89 Å². The maximum atomic E-state index is 10.9. The third-order valence-electron chi connectivity index (χ3n) is 1.12. The van der Waals surface area contributed by atoms with Crippen LogP contribution in [0.3, 0.4) is 0 Å². The highest BCUT2D eigenvalue weighted by Crippen LogP contribution is 2.46. The predicted molar refractivity (Wildman–Crippen MR) is 50.9 cm³/mol. The molecule has 92 valence electrons. The fraction of sp³-hybridized carbons (Fsp3) is 1.00. The Morgan fingerprint density at radius 1 is 1.00 bits per heavy atom. The van der Waals surface area contributed by atoms with Gasteiger partial charge in [0.25, 0.3) is 20.2 Å². The van der Waals surface area contributed by atoms with E-state index in [9.17, 15) is 21.4 Å². The zero-order chi connectivity index (χ0) is 12.3. The van der Waals surface area contributed by atoms with E-state index < -0.39 is 39.6 Å². The van der Waals surface area contributed by atoms with Crippen molar-refractivity contribution >= 4 is 28.1 Å². The lowest BCUT2D eigenvalue weighted by Gasteiger charge is -2.09. The minimum atomic E-state index is -5.14. The zero-order valence-corrected chi connectivity index (χ0v) is 10.5. The van der Waals surface area contributed by atoms with Crippen molar-refractivity contribution in [1.29, 1.82) is 0 Å². The molecule has 0 aromatic rings. The van der Waals surface area contributed by atoms with Crippen LogP contribution in [-0.2, 0) is 32.7 Å². The zero-order valence-electron chi connectivity index (χ0n) is 7.98. The predicted octanol–water partition coefficient (Wildman–Crippen LogP) is -0.181. The molecule has 0 fully saturated rings. The molecule has 15 heavy (non-hydrogen) atoms. The molecule has 0 atom stereocenters. The summed E-state index contributed by atoms with van der Waals surface area (Å²) >= 11 is 0. The first-order valence-electron chi connectivity index (χ1n) is 3.74. The van der Waals surface area contributed by atoms with Gasteiger partial charge >= 0.3 is 7.82 Å². The summed E-state index contributed by atoms with van der Waals surface area (Å²) in [5.41, 5.74) is 0. The molecular weight excluding hydrogens is 271 g/mol. The molecule has 0 saturated carbocycles. The second-order valence-electron chi connectivity index (χ2n) is 2.31. The summed E-state index contributed by atoms with van der Waals surface area (Å²) < 4.78 is 61.3. The highest BCUT2D eigenvalue weighted by molar-refractivity contribution is 7.94. The minimum absolute atomic E-state index is 0.576. The van der Waals surface area contributed by atoms with Gasteiger partial charge in [0, 0.05) is 0 Å². The Morgan fingerprint density at radius 2 is 1.27 bits per heavy atom. The quantitative estimate of drug-likeness (QED) is 0.665. The van der Waals surface area contributed by atoms with Crippen molar-refractivity contribution in [3.63, 3.8) is 0 Å². The fourth-order valence-corrected chi connectivity index (χ4v) is 3.87. The molecule has 8 nitrogen and oxygen atoms in total. The van der Waals surface area contributed by atoms with Gasteiger partial charge in [-0.25, -0.2) is 4.57 Å². The van der Waals surface area contributed by atoms with Crippen molar-refractivity contribution in [3.05, 3.63) is 0 Å². The number of hydrogen-bond donors (Lipinski definition) is 1. The van der Waals surface area contributed by atoms with Crippen LogP contribution in [0.5, 0.6) is 0 Å². The average molecular weight is 282 g/mol. The van der Waals surface area contributed by atoms with E-state index in [1.54, 1.807) is 0 Å². The standard InChI is InChI=1S/C4H11O8PS2/c1-3-14(7,8)11-13(5,6)12-15(9,10)4-2/h3-4H2,1-2H3,(H,5,6). The summed E-state index contributed by atoms with van der Waals surface area (Å²) in [6, 6.07) is 0. The maximum absolute atomic E-state index is 10.9. The van der Waals surface area contributed by atoms with Gasteiger partial charge in [-0.1, -0.05) is 0 Å². The van der Waals surface area contributed by atoms with Crippen LogP contribution in [0, 0.1) is 0 Å². The third-order valence-corrected chi connectivity index (χ3v) is 5.86. The molecule has 0 spiro atoms. The second kappa shape index (κ2) is 4.89. The first-order chi connectivity index (χ1) is 6.54. The molecule has 0 aromatic heterocycles. The Labute approximate surface area is 88.1 Å². The van der Waals surface area contributed by atoms with Gasteiger partial charge in [0.15, 0.2) is 0 Å². The lowest BCUT2D eigenvalue weighted by molar-refractivity contribution is 0.295. The first kappa shape index (κ1) is 15.0. The van der Waals surface area contributed by atoms with Crippen LogP contribution in [0.1, 0.15) is 13.8 Å². The molecule has 11 heteroatoms. The summed E-state index contributed by atoms with van der Waals surface area (Å²) in [5, 5.41) is 0. The van der Waals surface area contributed by atoms with Crippen LogP contribution in [0.15, 0.2) is 0 Å². The fourth-order valence-electron chi connectivity index (χ4n) is 0.405. The van der Waals surface area contributed by atoms with Crippen molar-refractivity contribution in [2.75, 3.05) is 11.5 Å². The number of phosphoric acid groups is 1. The molecule has 0 amide bonds. The van der Waals surface area contributed by atoms with Gasteiger partial charge in [-0.15, -0.1) is 0 Å². The normalized spacial score (nSPS) is 14.1. The molecule has 0 heterocycles. The van der Waals surface area contributed by atoms with Crippen molar-refractivity contribution in [1.82, 2.24) is 0 Å². The van der Waals surface area contributed by atoms with Crippen molar-refractivity contribution < 1.29 is 34.2 Å². The van der Waals surface area contributed by atoms with Crippen LogP contribution in [-0.4, -0.2) is 33.2 Å². The Kier molecular flexibility index (Phi) is 4.90. The van der Waals surface area contributed by atoms with Gasteiger partial charge < -0.3 is 4.89 Å². The van der Waals surface area contributed by atoms with Crippen LogP contribution >= 0.6 is 7.82 Å². The molecule has 0 aliphatic heterocycles. The number of rotatable bonds is 6. The molecule has 0 radical (unpaired) electrons. The monoisotopic (exact) mass is 282 g/mol. The summed E-state index contributed by atoms with van der Waals surface area (Å²) in [7, 11) is -13.7. The van der Waals surface area contributed by atoms with E-state index >= 15 is 0 Å². The molecule has 0 saturated heterocycles. The van der Waals surface area contributed by atoms with E-state index in [1.807, 2.05) is 0 Å². The van der Waals surface area contributed by atoms with Gasteiger partial charge in [-0.3, -0.25) is 0 Å². The van der Waals surface area contributed by atoms with Crippen LogP contribution < -0.4 is 0 Å². The Hall–Kier alpha value is 0.01000. The molecule has 1 N–H and O–H groups in total. The smallest absolute Gasteiger partial charge is 0.301 e. The molecule has 0 bridgehead atoms. The maximum Gasteiger partial charge on any atom is 0.501 e.